The lowest BCUT2D eigenvalue weighted by Crippen LogP contribution is -2.46. The summed E-state index contributed by atoms with van der Waals surface area (Å²) in [4.78, 5) is 19.7. The van der Waals surface area contributed by atoms with Crippen molar-refractivity contribution in [2.45, 2.75) is 25.6 Å². The first-order valence-electron chi connectivity index (χ1n) is 10.7. The zero-order chi connectivity index (χ0) is 22.8. The second-order valence-corrected chi connectivity index (χ2v) is 8.85. The molecule has 0 saturated carbocycles. The van der Waals surface area contributed by atoms with E-state index in [1.807, 2.05) is 71.6 Å². The van der Waals surface area contributed by atoms with Crippen LogP contribution in [0.4, 0.5) is 5.13 Å². The molecule has 168 valence electrons. The van der Waals surface area contributed by atoms with Gasteiger partial charge in [-0.3, -0.25) is 0 Å². The first-order valence-corrected chi connectivity index (χ1v) is 11.5. The van der Waals surface area contributed by atoms with Crippen molar-refractivity contribution in [3.63, 3.8) is 0 Å². The highest BCUT2D eigenvalue weighted by molar-refractivity contribution is 7.22. The van der Waals surface area contributed by atoms with Crippen molar-refractivity contribution in [1.29, 1.82) is 0 Å². The lowest BCUT2D eigenvalue weighted by molar-refractivity contribution is -0.142. The number of aromatic nitrogens is 1. The minimum absolute atomic E-state index is 0.295. The molecule has 4 aromatic rings. The van der Waals surface area contributed by atoms with Crippen LogP contribution < -0.4 is 14.4 Å². The highest BCUT2D eigenvalue weighted by Crippen LogP contribution is 2.41. The molecule has 0 bridgehead atoms. The van der Waals surface area contributed by atoms with Gasteiger partial charge >= 0.3 is 5.97 Å². The van der Waals surface area contributed by atoms with E-state index in [0.717, 1.165) is 32.0 Å². The van der Waals surface area contributed by atoms with Gasteiger partial charge in [0.25, 0.3) is 0 Å². The monoisotopic (exact) mass is 460 g/mol. The topological polar surface area (TPSA) is 60.9 Å². The van der Waals surface area contributed by atoms with E-state index in [-0.39, 0.29) is 5.97 Å². The van der Waals surface area contributed by atoms with Crippen molar-refractivity contribution in [2.75, 3.05) is 19.1 Å². The molecule has 1 aliphatic heterocycles. The van der Waals surface area contributed by atoms with Crippen molar-refractivity contribution in [3.8, 4) is 11.5 Å². The number of thiazole rings is 1. The van der Waals surface area contributed by atoms with Crippen LogP contribution in [0.2, 0.25) is 0 Å². The van der Waals surface area contributed by atoms with E-state index in [1.54, 1.807) is 18.4 Å². The summed E-state index contributed by atoms with van der Waals surface area (Å²) in [7, 11) is 3.05. The molecule has 0 radical (unpaired) electrons. The van der Waals surface area contributed by atoms with Crippen molar-refractivity contribution in [1.82, 2.24) is 4.98 Å². The maximum atomic E-state index is 12.9. The average molecular weight is 461 g/mol. The molecule has 0 N–H and O–H groups in total. The number of carbonyl (C=O) groups excluding carboxylic acids is 1. The maximum Gasteiger partial charge on any atom is 0.328 e. The van der Waals surface area contributed by atoms with Gasteiger partial charge < -0.3 is 19.1 Å². The van der Waals surface area contributed by atoms with Crippen LogP contribution >= 0.6 is 11.3 Å². The summed E-state index contributed by atoms with van der Waals surface area (Å²) in [6.45, 7) is 0.943. The number of para-hydroxylation sites is 1. The van der Waals surface area contributed by atoms with Gasteiger partial charge in [-0.2, -0.15) is 0 Å². The van der Waals surface area contributed by atoms with Gasteiger partial charge in [0.05, 0.1) is 24.4 Å². The first-order chi connectivity index (χ1) is 16.2. The fourth-order valence-electron chi connectivity index (χ4n) is 4.20. The molecule has 0 aliphatic carbocycles. The van der Waals surface area contributed by atoms with Gasteiger partial charge in [-0.15, -0.1) is 0 Å². The third-order valence-corrected chi connectivity index (χ3v) is 6.96. The number of rotatable bonds is 6. The van der Waals surface area contributed by atoms with Crippen molar-refractivity contribution in [3.05, 3.63) is 83.4 Å². The summed E-state index contributed by atoms with van der Waals surface area (Å²) >= 11 is 1.58. The molecule has 0 fully saturated rings. The summed E-state index contributed by atoms with van der Waals surface area (Å²) in [6, 6.07) is 21.4. The Bertz CT molecular complexity index is 1260. The SMILES string of the molecule is COC(=O)C1Cc2c(ccc(OC)c2OCc2ccccc2)CN1c1nc2ccccc2s1. The number of esters is 1. The number of fused-ring (bicyclic) bond motifs is 2. The van der Waals surface area contributed by atoms with Crippen LogP contribution in [-0.2, 0) is 29.1 Å². The Morgan fingerprint density at radius 1 is 1.06 bits per heavy atom. The van der Waals surface area contributed by atoms with Crippen LogP contribution in [0.15, 0.2) is 66.7 Å². The van der Waals surface area contributed by atoms with Gasteiger partial charge in [-0.25, -0.2) is 9.78 Å². The van der Waals surface area contributed by atoms with Crippen LogP contribution in [0, 0.1) is 0 Å². The van der Waals surface area contributed by atoms with Gasteiger partial charge in [0.15, 0.2) is 16.6 Å². The number of carbonyl (C=O) groups is 1. The molecule has 1 unspecified atom stereocenters. The van der Waals surface area contributed by atoms with Crippen LogP contribution in [0.5, 0.6) is 11.5 Å². The third kappa shape index (κ3) is 4.12. The molecule has 3 aromatic carbocycles. The predicted octanol–water partition coefficient (Wildman–Crippen LogP) is 4.99. The lowest BCUT2D eigenvalue weighted by Gasteiger charge is -2.36. The van der Waals surface area contributed by atoms with Crippen LogP contribution in [0.1, 0.15) is 16.7 Å². The van der Waals surface area contributed by atoms with Crippen LogP contribution in [-0.4, -0.2) is 31.2 Å². The van der Waals surface area contributed by atoms with Gasteiger partial charge in [0.1, 0.15) is 12.6 Å². The number of nitrogens with zero attached hydrogens (tertiary/aromatic N) is 2. The van der Waals surface area contributed by atoms with E-state index in [9.17, 15) is 4.79 Å². The standard InChI is InChI=1S/C26H24N2O4S/c1-30-22-13-12-18-15-28(26-27-20-10-6-7-11-23(20)33-26)21(25(29)31-2)14-19(18)24(22)32-16-17-8-4-3-5-9-17/h3-13,21H,14-16H2,1-2H3. The summed E-state index contributed by atoms with van der Waals surface area (Å²) in [5, 5.41) is 0.805. The molecule has 2 heterocycles. The van der Waals surface area contributed by atoms with Crippen LogP contribution in [0.25, 0.3) is 10.2 Å². The molecule has 6 nitrogen and oxygen atoms in total. The Kier molecular flexibility index (Phi) is 5.88. The second kappa shape index (κ2) is 9.11. The van der Waals surface area contributed by atoms with Gasteiger partial charge in [-0.05, 0) is 29.3 Å². The summed E-state index contributed by atoms with van der Waals surface area (Å²) in [6.07, 6.45) is 0.444. The maximum absolute atomic E-state index is 12.9. The Morgan fingerprint density at radius 2 is 1.85 bits per heavy atom. The Hall–Kier alpha value is -3.58. The lowest BCUT2D eigenvalue weighted by atomic mass is 9.93. The highest BCUT2D eigenvalue weighted by atomic mass is 32.1. The van der Waals surface area contributed by atoms with Crippen molar-refractivity contribution < 1.29 is 19.0 Å². The number of hydrogen-bond donors (Lipinski definition) is 0. The van der Waals surface area contributed by atoms with Gasteiger partial charge in [0.2, 0.25) is 0 Å². The van der Waals surface area contributed by atoms with E-state index in [0.29, 0.717) is 31.1 Å². The average Bonchev–Trinajstić information content (AvgIpc) is 3.30. The molecule has 0 spiro atoms. The fourth-order valence-corrected chi connectivity index (χ4v) is 5.21. The Morgan fingerprint density at radius 3 is 2.61 bits per heavy atom. The molecule has 1 atom stereocenters. The van der Waals surface area contributed by atoms with Crippen molar-refractivity contribution >= 4 is 32.7 Å². The summed E-state index contributed by atoms with van der Waals surface area (Å²) in [5.41, 5.74) is 4.04. The molecule has 1 aliphatic rings. The molecule has 1 aromatic heterocycles. The molecule has 5 rings (SSSR count). The van der Waals surface area contributed by atoms with Crippen molar-refractivity contribution in [2.24, 2.45) is 0 Å². The van der Waals surface area contributed by atoms with E-state index in [4.69, 9.17) is 19.2 Å². The minimum atomic E-state index is -0.505. The normalized spacial score (nSPS) is 15.2. The number of hydrogen-bond acceptors (Lipinski definition) is 7. The number of methoxy groups -OCH3 is 2. The summed E-state index contributed by atoms with van der Waals surface area (Å²) < 4.78 is 18.1. The van der Waals surface area contributed by atoms with Gasteiger partial charge in [-0.1, -0.05) is 59.9 Å². The molecule has 0 saturated heterocycles. The van der Waals surface area contributed by atoms with Crippen LogP contribution in [0.3, 0.4) is 0 Å². The molecule has 33 heavy (non-hydrogen) atoms. The third-order valence-electron chi connectivity index (χ3n) is 5.88. The molecular weight excluding hydrogens is 436 g/mol. The Labute approximate surface area is 196 Å². The number of benzene rings is 3. The fraction of sp³-hybridized carbons (Fsp3) is 0.231. The number of ether oxygens (including phenoxy) is 3. The predicted molar refractivity (Wildman–Crippen MR) is 129 cm³/mol. The smallest absolute Gasteiger partial charge is 0.328 e. The molecule has 0 amide bonds. The van der Waals surface area contributed by atoms with Gasteiger partial charge in [0, 0.05) is 18.5 Å². The van der Waals surface area contributed by atoms with E-state index in [2.05, 4.69) is 0 Å². The quantitative estimate of drug-likeness (QED) is 0.378. The minimum Gasteiger partial charge on any atom is -0.493 e. The second-order valence-electron chi connectivity index (χ2n) is 7.84. The first kappa shape index (κ1) is 21.3. The van der Waals surface area contributed by atoms with E-state index in [1.165, 1.54) is 7.11 Å². The molecular formula is C26H24N2O4S. The number of anilines is 1. The van der Waals surface area contributed by atoms with E-state index >= 15 is 0 Å². The zero-order valence-corrected chi connectivity index (χ0v) is 19.3. The summed E-state index contributed by atoms with van der Waals surface area (Å²) in [5.74, 6) is 1.04. The Balaban J connectivity index is 1.53. The zero-order valence-electron chi connectivity index (χ0n) is 18.5. The largest absolute Gasteiger partial charge is 0.493 e. The van der Waals surface area contributed by atoms with E-state index < -0.39 is 6.04 Å². The molecule has 7 heteroatoms. The highest BCUT2D eigenvalue weighted by Gasteiger charge is 2.36.